The third kappa shape index (κ3) is 8.35. The number of nitrogens with zero attached hydrogens (tertiary/aromatic N) is 1. The van der Waals surface area contributed by atoms with E-state index < -0.39 is 0 Å². The smallest absolute Gasteiger partial charge is 0.0991 e. The van der Waals surface area contributed by atoms with E-state index in [1.54, 1.807) is 5.56 Å². The van der Waals surface area contributed by atoms with Gasteiger partial charge in [0.15, 0.2) is 0 Å². The average Bonchev–Trinajstić information content (AvgIpc) is 3.12. The van der Waals surface area contributed by atoms with Gasteiger partial charge >= 0.3 is 0 Å². The molecule has 2 aliphatic carbocycles. The van der Waals surface area contributed by atoms with Crippen LogP contribution in [0.4, 0.5) is 0 Å². The molecule has 0 radical (unpaired) electrons. The molecular weight excluding hydrogens is 542 g/mol. The Hall–Kier alpha value is -3.63. The molecule has 6 rings (SSSR count). The molecule has 0 unspecified atom stereocenters. The number of aryl methyl sites for hydroxylation is 1. The molecule has 0 spiro atoms. The van der Waals surface area contributed by atoms with E-state index in [0.717, 1.165) is 17.8 Å². The Labute approximate surface area is 272 Å². The van der Waals surface area contributed by atoms with E-state index in [1.165, 1.54) is 123 Å². The topological polar surface area (TPSA) is 23.8 Å². The predicted molar refractivity (Wildman–Crippen MR) is 190 cm³/mol. The lowest BCUT2D eigenvalue weighted by atomic mass is 9.76. The van der Waals surface area contributed by atoms with Gasteiger partial charge in [-0.2, -0.15) is 5.26 Å². The average molecular weight is 594 g/mol. The molecule has 2 saturated carbocycles. The van der Waals surface area contributed by atoms with Crippen LogP contribution in [0.2, 0.25) is 0 Å². The molecule has 0 aliphatic heterocycles. The van der Waals surface area contributed by atoms with Crippen molar-refractivity contribution in [1.82, 2.24) is 0 Å². The van der Waals surface area contributed by atoms with Gasteiger partial charge in [0.2, 0.25) is 0 Å². The molecule has 232 valence electrons. The van der Waals surface area contributed by atoms with Gasteiger partial charge in [-0.1, -0.05) is 118 Å². The molecule has 0 saturated heterocycles. The fourth-order valence-electron chi connectivity index (χ4n) is 8.12. The fourth-order valence-corrected chi connectivity index (χ4v) is 8.12. The molecular formula is C44H51N. The van der Waals surface area contributed by atoms with Gasteiger partial charge in [-0.25, -0.2) is 0 Å². The van der Waals surface area contributed by atoms with Crippen LogP contribution in [-0.2, 0) is 6.42 Å². The van der Waals surface area contributed by atoms with Crippen molar-refractivity contribution >= 4 is 0 Å². The minimum Gasteiger partial charge on any atom is -0.192 e. The first-order chi connectivity index (χ1) is 22.2. The maximum atomic E-state index is 9.05. The summed E-state index contributed by atoms with van der Waals surface area (Å²) in [6.07, 6.45) is 19.0. The van der Waals surface area contributed by atoms with Crippen LogP contribution in [0.1, 0.15) is 124 Å². The first-order valence-electron chi connectivity index (χ1n) is 18.0. The highest BCUT2D eigenvalue weighted by atomic mass is 14.3. The highest BCUT2D eigenvalue weighted by Crippen LogP contribution is 2.39. The van der Waals surface area contributed by atoms with E-state index in [0.29, 0.717) is 11.5 Å². The summed E-state index contributed by atoms with van der Waals surface area (Å²) in [5.74, 6) is 3.27. The molecule has 2 fully saturated rings. The van der Waals surface area contributed by atoms with Crippen LogP contribution in [-0.4, -0.2) is 0 Å². The Kier molecular flexibility index (Phi) is 10.9. The van der Waals surface area contributed by atoms with Gasteiger partial charge in [0.1, 0.15) is 0 Å². The zero-order valence-corrected chi connectivity index (χ0v) is 27.4. The quantitative estimate of drug-likeness (QED) is 0.159. The molecule has 0 bridgehead atoms. The molecule has 0 amide bonds. The van der Waals surface area contributed by atoms with Gasteiger partial charge in [0.25, 0.3) is 0 Å². The summed E-state index contributed by atoms with van der Waals surface area (Å²) in [5, 5.41) is 9.05. The minimum atomic E-state index is 0.688. The van der Waals surface area contributed by atoms with Crippen LogP contribution in [0, 0.1) is 23.2 Å². The van der Waals surface area contributed by atoms with Gasteiger partial charge in [-0.3, -0.25) is 0 Å². The molecule has 4 aromatic carbocycles. The van der Waals surface area contributed by atoms with Gasteiger partial charge in [-0.05, 0) is 139 Å². The Balaban J connectivity index is 0.933. The van der Waals surface area contributed by atoms with Crippen molar-refractivity contribution in [2.75, 3.05) is 0 Å². The minimum absolute atomic E-state index is 0.688. The second-order valence-corrected chi connectivity index (χ2v) is 14.1. The first-order valence-corrected chi connectivity index (χ1v) is 18.0. The van der Waals surface area contributed by atoms with E-state index in [9.17, 15) is 0 Å². The van der Waals surface area contributed by atoms with Crippen LogP contribution in [0.25, 0.3) is 22.3 Å². The SMILES string of the molecule is CCCCCC1CCC(c2ccc(-c3ccc(CCC4CCC(c5ccc(-c6ccc(C#N)cc6)cc5)CC4)cc3)cc2)CC1. The summed E-state index contributed by atoms with van der Waals surface area (Å²) < 4.78 is 0. The summed E-state index contributed by atoms with van der Waals surface area (Å²) in [5.41, 5.74) is 10.3. The summed E-state index contributed by atoms with van der Waals surface area (Å²) in [6, 6.07) is 38.2. The third-order valence-electron chi connectivity index (χ3n) is 11.1. The number of hydrogen-bond acceptors (Lipinski definition) is 1. The fraction of sp³-hybridized carbons (Fsp3) is 0.432. The second kappa shape index (κ2) is 15.6. The van der Waals surface area contributed by atoms with Crippen molar-refractivity contribution in [3.63, 3.8) is 0 Å². The van der Waals surface area contributed by atoms with Gasteiger partial charge < -0.3 is 0 Å². The Morgan fingerprint density at radius 2 is 0.933 bits per heavy atom. The van der Waals surface area contributed by atoms with Crippen molar-refractivity contribution in [3.8, 4) is 28.3 Å². The summed E-state index contributed by atoms with van der Waals surface area (Å²) in [6.45, 7) is 2.31. The van der Waals surface area contributed by atoms with Crippen LogP contribution in [0.15, 0.2) is 97.1 Å². The summed E-state index contributed by atoms with van der Waals surface area (Å²) in [7, 11) is 0. The van der Waals surface area contributed by atoms with Crippen molar-refractivity contribution in [2.45, 2.75) is 109 Å². The Morgan fingerprint density at radius 3 is 1.38 bits per heavy atom. The van der Waals surface area contributed by atoms with E-state index in [2.05, 4.69) is 85.8 Å². The van der Waals surface area contributed by atoms with E-state index in [-0.39, 0.29) is 0 Å². The lowest BCUT2D eigenvalue weighted by Gasteiger charge is -2.29. The van der Waals surface area contributed by atoms with Crippen molar-refractivity contribution in [3.05, 3.63) is 119 Å². The van der Waals surface area contributed by atoms with E-state index in [4.69, 9.17) is 5.26 Å². The van der Waals surface area contributed by atoms with Crippen LogP contribution in [0.3, 0.4) is 0 Å². The zero-order valence-electron chi connectivity index (χ0n) is 27.4. The molecule has 45 heavy (non-hydrogen) atoms. The van der Waals surface area contributed by atoms with Crippen molar-refractivity contribution < 1.29 is 0 Å². The lowest BCUT2D eigenvalue weighted by Crippen LogP contribution is -2.14. The highest BCUT2D eigenvalue weighted by Gasteiger charge is 2.23. The zero-order chi connectivity index (χ0) is 30.8. The van der Waals surface area contributed by atoms with Crippen molar-refractivity contribution in [2.24, 2.45) is 11.8 Å². The van der Waals surface area contributed by atoms with Gasteiger partial charge in [0.05, 0.1) is 11.6 Å². The number of nitriles is 1. The number of rotatable bonds is 11. The van der Waals surface area contributed by atoms with Gasteiger partial charge in [0, 0.05) is 0 Å². The molecule has 0 atom stereocenters. The molecule has 0 N–H and O–H groups in total. The molecule has 0 aromatic heterocycles. The highest BCUT2D eigenvalue weighted by molar-refractivity contribution is 5.65. The maximum absolute atomic E-state index is 9.05. The van der Waals surface area contributed by atoms with Crippen LogP contribution in [0.5, 0.6) is 0 Å². The van der Waals surface area contributed by atoms with E-state index in [1.807, 2.05) is 24.3 Å². The lowest BCUT2D eigenvalue weighted by molar-refractivity contribution is 0.303. The molecule has 2 aliphatic rings. The number of benzene rings is 4. The normalized spacial score (nSPS) is 21.7. The third-order valence-corrected chi connectivity index (χ3v) is 11.1. The predicted octanol–water partition coefficient (Wildman–Crippen LogP) is 12.7. The molecule has 1 heteroatoms. The van der Waals surface area contributed by atoms with Gasteiger partial charge in [-0.15, -0.1) is 0 Å². The molecule has 1 nitrogen and oxygen atoms in total. The monoisotopic (exact) mass is 593 g/mol. The largest absolute Gasteiger partial charge is 0.192 e. The summed E-state index contributed by atoms with van der Waals surface area (Å²) >= 11 is 0. The maximum Gasteiger partial charge on any atom is 0.0991 e. The second-order valence-electron chi connectivity index (χ2n) is 14.1. The Morgan fingerprint density at radius 1 is 0.511 bits per heavy atom. The van der Waals surface area contributed by atoms with Crippen LogP contribution < -0.4 is 0 Å². The molecule has 4 aromatic rings. The molecule has 0 heterocycles. The van der Waals surface area contributed by atoms with E-state index >= 15 is 0 Å². The van der Waals surface area contributed by atoms with Crippen LogP contribution >= 0.6 is 0 Å². The number of hydrogen-bond donors (Lipinski definition) is 0. The first kappa shape index (κ1) is 31.4. The number of unbranched alkanes of at least 4 members (excludes halogenated alkanes) is 2. The van der Waals surface area contributed by atoms with Crippen molar-refractivity contribution in [1.29, 1.82) is 5.26 Å². The Bertz CT molecular complexity index is 1490. The summed E-state index contributed by atoms with van der Waals surface area (Å²) in [4.78, 5) is 0. The standard InChI is InChI=1S/C44H51N/c1-2-3-4-5-33-8-16-37(17-9-33)41-24-26-42(27-25-41)38-18-10-34(11-19-38)6-7-35-12-20-39(21-13-35)43-28-30-44(31-29-43)40-22-14-36(32-45)15-23-40/h10-11,14-15,18-19,22-31,33,35,37,39H,2-9,12-13,16-17,20-21H2,1H3.